The third-order valence-electron chi connectivity index (χ3n) is 3.20. The summed E-state index contributed by atoms with van der Waals surface area (Å²) in [5.41, 5.74) is 7.35. The Bertz CT molecular complexity index is 554. The number of hydrogen-bond donors (Lipinski definition) is 3. The van der Waals surface area contributed by atoms with Crippen molar-refractivity contribution in [1.29, 1.82) is 0 Å². The molecule has 0 radical (unpaired) electrons. The van der Waals surface area contributed by atoms with Crippen molar-refractivity contribution in [2.45, 2.75) is 25.5 Å². The molecule has 0 bridgehead atoms. The van der Waals surface area contributed by atoms with Crippen LogP contribution in [0.2, 0.25) is 0 Å². The van der Waals surface area contributed by atoms with E-state index in [1.54, 1.807) is 7.11 Å². The first-order valence-electron chi connectivity index (χ1n) is 6.61. The van der Waals surface area contributed by atoms with Gasteiger partial charge in [0.2, 0.25) is 5.91 Å². The Balaban J connectivity index is 0.00000220. The van der Waals surface area contributed by atoms with E-state index in [0.717, 1.165) is 16.9 Å². The SMILES string of the molecule is COC(CN)CC(=O)NC(C)c1nc2ccccc2[nH]1.Cl.Cl. The maximum Gasteiger partial charge on any atom is 0.223 e. The number of carbonyl (C=O) groups excluding carboxylic acids is 1. The first kappa shape index (κ1) is 20.7. The largest absolute Gasteiger partial charge is 0.380 e. The van der Waals surface area contributed by atoms with Crippen LogP contribution in [-0.2, 0) is 9.53 Å². The lowest BCUT2D eigenvalue weighted by Crippen LogP contribution is -2.33. The molecule has 1 aromatic carbocycles. The maximum absolute atomic E-state index is 11.9. The minimum Gasteiger partial charge on any atom is -0.380 e. The van der Waals surface area contributed by atoms with E-state index < -0.39 is 0 Å². The molecule has 2 rings (SSSR count). The molecule has 22 heavy (non-hydrogen) atoms. The number of nitrogens with one attached hydrogen (secondary N) is 2. The van der Waals surface area contributed by atoms with E-state index in [-0.39, 0.29) is 49.3 Å². The van der Waals surface area contributed by atoms with Gasteiger partial charge in [0.25, 0.3) is 0 Å². The summed E-state index contributed by atoms with van der Waals surface area (Å²) in [6, 6.07) is 7.57. The molecular formula is C14H22Cl2N4O2. The van der Waals surface area contributed by atoms with Gasteiger partial charge < -0.3 is 20.8 Å². The first-order chi connectivity index (χ1) is 9.63. The highest BCUT2D eigenvalue weighted by molar-refractivity contribution is 5.85. The van der Waals surface area contributed by atoms with Gasteiger partial charge in [-0.3, -0.25) is 4.79 Å². The highest BCUT2D eigenvalue weighted by atomic mass is 35.5. The Hall–Kier alpha value is -1.34. The number of nitrogens with zero attached hydrogens (tertiary/aromatic N) is 1. The van der Waals surface area contributed by atoms with Gasteiger partial charge in [-0.25, -0.2) is 4.98 Å². The van der Waals surface area contributed by atoms with Crippen LogP contribution in [0.1, 0.15) is 25.2 Å². The van der Waals surface area contributed by atoms with Crippen LogP contribution in [0.15, 0.2) is 24.3 Å². The van der Waals surface area contributed by atoms with Crippen LogP contribution < -0.4 is 11.1 Å². The molecule has 0 spiro atoms. The van der Waals surface area contributed by atoms with Crippen LogP contribution in [-0.4, -0.2) is 35.6 Å². The molecule has 2 aromatic rings. The monoisotopic (exact) mass is 348 g/mol. The fraction of sp³-hybridized carbons (Fsp3) is 0.429. The Kier molecular flexibility index (Phi) is 9.04. The molecule has 0 fully saturated rings. The Labute approximate surface area is 142 Å². The topological polar surface area (TPSA) is 93.0 Å². The van der Waals surface area contributed by atoms with Crippen molar-refractivity contribution in [3.8, 4) is 0 Å². The van der Waals surface area contributed by atoms with Crippen LogP contribution >= 0.6 is 24.8 Å². The van der Waals surface area contributed by atoms with E-state index >= 15 is 0 Å². The molecule has 0 aliphatic carbocycles. The summed E-state index contributed by atoms with van der Waals surface area (Å²) in [7, 11) is 1.55. The normalized spacial score (nSPS) is 12.9. The zero-order chi connectivity index (χ0) is 14.5. The zero-order valence-electron chi connectivity index (χ0n) is 12.5. The van der Waals surface area contributed by atoms with E-state index in [1.165, 1.54) is 0 Å². The van der Waals surface area contributed by atoms with Crippen molar-refractivity contribution in [1.82, 2.24) is 15.3 Å². The number of aromatic amines is 1. The van der Waals surface area contributed by atoms with Crippen LogP contribution in [0.5, 0.6) is 0 Å². The number of hydrogen-bond acceptors (Lipinski definition) is 4. The predicted molar refractivity (Wildman–Crippen MR) is 91.6 cm³/mol. The number of methoxy groups -OCH3 is 1. The Morgan fingerprint density at radius 1 is 1.41 bits per heavy atom. The van der Waals surface area contributed by atoms with Gasteiger partial charge in [-0.05, 0) is 19.1 Å². The number of amides is 1. The van der Waals surface area contributed by atoms with Crippen molar-refractivity contribution in [2.75, 3.05) is 13.7 Å². The fourth-order valence-electron chi connectivity index (χ4n) is 2.02. The van der Waals surface area contributed by atoms with Crippen molar-refractivity contribution >= 4 is 41.8 Å². The highest BCUT2D eigenvalue weighted by Crippen LogP contribution is 2.15. The number of H-pyrrole nitrogens is 1. The lowest BCUT2D eigenvalue weighted by Gasteiger charge is -2.15. The quantitative estimate of drug-likeness (QED) is 0.743. The van der Waals surface area contributed by atoms with Crippen molar-refractivity contribution in [2.24, 2.45) is 5.73 Å². The molecule has 1 aromatic heterocycles. The highest BCUT2D eigenvalue weighted by Gasteiger charge is 2.16. The number of nitrogens with two attached hydrogens (primary N) is 1. The summed E-state index contributed by atoms with van der Waals surface area (Å²) in [4.78, 5) is 19.5. The molecule has 0 saturated carbocycles. The number of imidazole rings is 1. The molecule has 2 atom stereocenters. The summed E-state index contributed by atoms with van der Waals surface area (Å²) in [5.74, 6) is 0.636. The molecular weight excluding hydrogens is 327 g/mol. The lowest BCUT2D eigenvalue weighted by atomic mass is 10.2. The smallest absolute Gasteiger partial charge is 0.223 e. The number of fused-ring (bicyclic) bond motifs is 1. The fourth-order valence-corrected chi connectivity index (χ4v) is 2.02. The summed E-state index contributed by atoms with van der Waals surface area (Å²) in [5, 5.41) is 2.89. The molecule has 8 heteroatoms. The number of halogens is 2. The molecule has 6 nitrogen and oxygen atoms in total. The van der Waals surface area contributed by atoms with E-state index in [2.05, 4.69) is 15.3 Å². The van der Waals surface area contributed by atoms with Crippen LogP contribution in [0.4, 0.5) is 0 Å². The molecule has 124 valence electrons. The van der Waals surface area contributed by atoms with Gasteiger partial charge in [0.15, 0.2) is 0 Å². The number of para-hydroxylation sites is 2. The van der Waals surface area contributed by atoms with Crippen LogP contribution in [0.3, 0.4) is 0 Å². The Morgan fingerprint density at radius 2 is 2.09 bits per heavy atom. The van der Waals surface area contributed by atoms with Gasteiger partial charge in [0.1, 0.15) is 5.82 Å². The summed E-state index contributed by atoms with van der Waals surface area (Å²) in [6.45, 7) is 2.21. The number of benzene rings is 1. The third kappa shape index (κ3) is 5.14. The van der Waals surface area contributed by atoms with Crippen molar-refractivity contribution in [3.05, 3.63) is 30.1 Å². The molecule has 1 amide bonds. The first-order valence-corrected chi connectivity index (χ1v) is 6.61. The number of aromatic nitrogens is 2. The van der Waals surface area contributed by atoms with Gasteiger partial charge in [-0.2, -0.15) is 0 Å². The molecule has 0 aliphatic heterocycles. The van der Waals surface area contributed by atoms with Gasteiger partial charge in [0.05, 0.1) is 29.6 Å². The average Bonchev–Trinajstić information content (AvgIpc) is 2.88. The van der Waals surface area contributed by atoms with Crippen LogP contribution in [0.25, 0.3) is 11.0 Å². The van der Waals surface area contributed by atoms with E-state index in [9.17, 15) is 4.79 Å². The summed E-state index contributed by atoms with van der Waals surface area (Å²) < 4.78 is 5.10. The second-order valence-corrected chi connectivity index (χ2v) is 4.73. The molecule has 0 aliphatic rings. The van der Waals surface area contributed by atoms with Gasteiger partial charge in [-0.1, -0.05) is 12.1 Å². The van der Waals surface area contributed by atoms with Gasteiger partial charge in [-0.15, -0.1) is 24.8 Å². The maximum atomic E-state index is 11.9. The second kappa shape index (κ2) is 9.63. The Morgan fingerprint density at radius 3 is 2.68 bits per heavy atom. The average molecular weight is 349 g/mol. The minimum atomic E-state index is -0.252. The molecule has 0 saturated heterocycles. The van der Waals surface area contributed by atoms with Crippen LogP contribution in [0, 0.1) is 0 Å². The number of carbonyl (C=O) groups is 1. The number of ether oxygens (including phenoxy) is 1. The van der Waals surface area contributed by atoms with Crippen molar-refractivity contribution < 1.29 is 9.53 Å². The standard InChI is InChI=1S/C14H20N4O2.2ClH/c1-9(16-13(19)7-10(8-15)20-2)14-17-11-5-3-4-6-12(11)18-14;;/h3-6,9-10H,7-8,15H2,1-2H3,(H,16,19)(H,17,18);2*1H. The van der Waals surface area contributed by atoms with E-state index in [1.807, 2.05) is 31.2 Å². The molecule has 4 N–H and O–H groups in total. The summed E-state index contributed by atoms with van der Waals surface area (Å²) >= 11 is 0. The molecule has 2 unspecified atom stereocenters. The summed E-state index contributed by atoms with van der Waals surface area (Å²) in [6.07, 6.45) is -0.00438. The second-order valence-electron chi connectivity index (χ2n) is 4.73. The van der Waals surface area contributed by atoms with Gasteiger partial charge >= 0.3 is 0 Å². The van der Waals surface area contributed by atoms with E-state index in [0.29, 0.717) is 6.54 Å². The predicted octanol–water partition coefficient (Wildman–Crippen LogP) is 1.95. The zero-order valence-corrected chi connectivity index (χ0v) is 14.2. The number of rotatable bonds is 6. The van der Waals surface area contributed by atoms with Gasteiger partial charge in [0, 0.05) is 13.7 Å². The molecule has 1 heterocycles. The minimum absolute atomic E-state index is 0. The third-order valence-corrected chi connectivity index (χ3v) is 3.20. The van der Waals surface area contributed by atoms with Crippen molar-refractivity contribution in [3.63, 3.8) is 0 Å². The van der Waals surface area contributed by atoms with E-state index in [4.69, 9.17) is 10.5 Å². The lowest BCUT2D eigenvalue weighted by molar-refractivity contribution is -0.124.